The van der Waals surface area contributed by atoms with Crippen molar-refractivity contribution in [2.45, 2.75) is 51.2 Å². The maximum Gasteiger partial charge on any atom is 0.255 e. The highest BCUT2D eigenvalue weighted by atomic mass is 16.6. The second-order valence-electron chi connectivity index (χ2n) is 9.00. The SMILES string of the molecule is CCC1Cc2nc(N3CCOc4cc(C(=O)N5CCCCC5)cnc43)ccc2C2OC12. The molecule has 2 aromatic heterocycles. The minimum absolute atomic E-state index is 0.0484. The van der Waals surface area contributed by atoms with E-state index < -0.39 is 0 Å². The van der Waals surface area contributed by atoms with Gasteiger partial charge in [-0.1, -0.05) is 19.4 Å². The van der Waals surface area contributed by atoms with Gasteiger partial charge in [-0.25, -0.2) is 9.97 Å². The molecule has 0 aromatic carbocycles. The minimum atomic E-state index is 0.0484. The van der Waals surface area contributed by atoms with Gasteiger partial charge in [0, 0.05) is 30.5 Å². The van der Waals surface area contributed by atoms with E-state index in [1.54, 1.807) is 6.20 Å². The summed E-state index contributed by atoms with van der Waals surface area (Å²) in [5.74, 6) is 2.88. The fraction of sp³-hybridized carbons (Fsp3) is 0.542. The summed E-state index contributed by atoms with van der Waals surface area (Å²) in [6, 6.07) is 6.07. The molecule has 3 aliphatic heterocycles. The molecule has 2 saturated heterocycles. The third-order valence-electron chi connectivity index (χ3n) is 7.10. The monoisotopic (exact) mass is 420 g/mol. The van der Waals surface area contributed by atoms with Crippen LogP contribution in [0, 0.1) is 5.92 Å². The number of hydrogen-bond acceptors (Lipinski definition) is 6. The maximum absolute atomic E-state index is 12.9. The summed E-state index contributed by atoms with van der Waals surface area (Å²) in [7, 11) is 0. The quantitative estimate of drug-likeness (QED) is 0.706. The Morgan fingerprint density at radius 2 is 2.06 bits per heavy atom. The number of likely N-dealkylation sites (tertiary alicyclic amines) is 1. The van der Waals surface area contributed by atoms with E-state index in [1.165, 1.54) is 12.0 Å². The average molecular weight is 421 g/mol. The Morgan fingerprint density at radius 3 is 2.90 bits per heavy atom. The van der Waals surface area contributed by atoms with Crippen LogP contribution in [0.5, 0.6) is 5.75 Å². The van der Waals surface area contributed by atoms with Gasteiger partial charge in [-0.05, 0) is 43.7 Å². The van der Waals surface area contributed by atoms with E-state index in [1.807, 2.05) is 11.0 Å². The molecule has 1 amide bonds. The molecule has 4 aliphatic rings. The van der Waals surface area contributed by atoms with Gasteiger partial charge in [0.15, 0.2) is 11.6 Å². The lowest BCUT2D eigenvalue weighted by molar-refractivity contribution is 0.0723. The normalized spacial score (nSPS) is 26.4. The zero-order valence-electron chi connectivity index (χ0n) is 17.9. The van der Waals surface area contributed by atoms with Crippen molar-refractivity contribution in [2.24, 2.45) is 5.92 Å². The smallest absolute Gasteiger partial charge is 0.255 e. The molecule has 2 fully saturated rings. The highest BCUT2D eigenvalue weighted by Crippen LogP contribution is 2.50. The number of anilines is 2. The van der Waals surface area contributed by atoms with E-state index in [0.29, 0.717) is 36.5 Å². The molecule has 0 radical (unpaired) electrons. The number of pyridine rings is 2. The number of fused-ring (bicyclic) bond motifs is 4. The first-order valence-corrected chi connectivity index (χ1v) is 11.6. The molecule has 0 bridgehead atoms. The summed E-state index contributed by atoms with van der Waals surface area (Å²) in [5, 5.41) is 0. The van der Waals surface area contributed by atoms with Crippen molar-refractivity contribution < 1.29 is 14.3 Å². The average Bonchev–Trinajstić information content (AvgIpc) is 3.64. The molecular weight excluding hydrogens is 392 g/mol. The summed E-state index contributed by atoms with van der Waals surface area (Å²) < 4.78 is 11.8. The van der Waals surface area contributed by atoms with Gasteiger partial charge in [-0.2, -0.15) is 0 Å². The van der Waals surface area contributed by atoms with Crippen LogP contribution in [-0.4, -0.2) is 53.1 Å². The summed E-state index contributed by atoms with van der Waals surface area (Å²) in [4.78, 5) is 26.6. The molecule has 0 N–H and O–H groups in total. The second-order valence-corrected chi connectivity index (χ2v) is 9.00. The molecule has 6 rings (SSSR count). The lowest BCUT2D eigenvalue weighted by atomic mass is 9.85. The van der Waals surface area contributed by atoms with Crippen LogP contribution in [0.2, 0.25) is 0 Å². The van der Waals surface area contributed by atoms with Gasteiger partial charge in [0.25, 0.3) is 5.91 Å². The van der Waals surface area contributed by atoms with Crippen molar-refractivity contribution in [3.05, 3.63) is 41.2 Å². The maximum atomic E-state index is 12.9. The van der Waals surface area contributed by atoms with Crippen molar-refractivity contribution in [2.75, 3.05) is 31.1 Å². The van der Waals surface area contributed by atoms with E-state index in [0.717, 1.165) is 56.1 Å². The molecule has 7 nitrogen and oxygen atoms in total. The van der Waals surface area contributed by atoms with Gasteiger partial charge in [0.1, 0.15) is 18.5 Å². The standard InChI is InChI=1S/C24H28N4O3/c1-2-15-12-18-17(22-21(15)31-22)6-7-20(26-18)28-10-11-30-19-13-16(14-25-23(19)28)24(29)27-8-4-3-5-9-27/h6-7,13-15,21-22H,2-5,8-12H2,1H3. The molecule has 162 valence electrons. The molecule has 0 spiro atoms. The number of ether oxygens (including phenoxy) is 2. The molecule has 3 unspecified atom stereocenters. The number of carbonyl (C=O) groups is 1. The van der Waals surface area contributed by atoms with Crippen LogP contribution in [0.3, 0.4) is 0 Å². The van der Waals surface area contributed by atoms with Crippen LogP contribution in [0.15, 0.2) is 24.4 Å². The Morgan fingerprint density at radius 1 is 1.19 bits per heavy atom. The Kier molecular flexibility index (Phi) is 4.60. The van der Waals surface area contributed by atoms with Gasteiger partial charge in [0.2, 0.25) is 0 Å². The van der Waals surface area contributed by atoms with Crippen molar-refractivity contribution >= 4 is 17.5 Å². The van der Waals surface area contributed by atoms with Crippen LogP contribution in [0.4, 0.5) is 11.6 Å². The third-order valence-corrected chi connectivity index (χ3v) is 7.10. The zero-order chi connectivity index (χ0) is 20.9. The molecule has 5 heterocycles. The molecule has 3 atom stereocenters. The van der Waals surface area contributed by atoms with Gasteiger partial charge in [-0.15, -0.1) is 0 Å². The summed E-state index contributed by atoms with van der Waals surface area (Å²) in [6.07, 6.45) is 7.72. The second kappa shape index (κ2) is 7.48. The van der Waals surface area contributed by atoms with Crippen LogP contribution in [0.25, 0.3) is 0 Å². The highest BCUT2D eigenvalue weighted by molar-refractivity contribution is 5.95. The third kappa shape index (κ3) is 3.26. The lowest BCUT2D eigenvalue weighted by Crippen LogP contribution is -2.36. The van der Waals surface area contributed by atoms with Crippen molar-refractivity contribution in [1.82, 2.24) is 14.9 Å². The molecule has 2 aromatic rings. The number of hydrogen-bond donors (Lipinski definition) is 0. The van der Waals surface area contributed by atoms with Crippen molar-refractivity contribution in [3.8, 4) is 5.75 Å². The van der Waals surface area contributed by atoms with E-state index in [-0.39, 0.29) is 12.0 Å². The van der Waals surface area contributed by atoms with Gasteiger partial charge >= 0.3 is 0 Å². The van der Waals surface area contributed by atoms with E-state index >= 15 is 0 Å². The fourth-order valence-corrected chi connectivity index (χ4v) is 5.27. The first-order chi connectivity index (χ1) is 15.2. The van der Waals surface area contributed by atoms with E-state index in [4.69, 9.17) is 14.5 Å². The Hall–Kier alpha value is -2.67. The number of carbonyl (C=O) groups excluding carboxylic acids is 1. The molecule has 7 heteroatoms. The topological polar surface area (TPSA) is 71.1 Å². The predicted octanol–water partition coefficient (Wildman–Crippen LogP) is 3.66. The predicted molar refractivity (Wildman–Crippen MR) is 116 cm³/mol. The van der Waals surface area contributed by atoms with Crippen LogP contribution in [0.1, 0.15) is 60.3 Å². The summed E-state index contributed by atoms with van der Waals surface area (Å²) in [5.41, 5.74) is 2.99. The fourth-order valence-electron chi connectivity index (χ4n) is 5.27. The first kappa shape index (κ1) is 19.0. The van der Waals surface area contributed by atoms with Crippen LogP contribution >= 0.6 is 0 Å². The van der Waals surface area contributed by atoms with Crippen LogP contribution in [-0.2, 0) is 11.2 Å². The highest BCUT2D eigenvalue weighted by Gasteiger charge is 2.50. The number of nitrogens with zero attached hydrogens (tertiary/aromatic N) is 4. The Bertz CT molecular complexity index is 1020. The number of piperidine rings is 1. The number of aromatic nitrogens is 2. The van der Waals surface area contributed by atoms with Crippen molar-refractivity contribution in [3.63, 3.8) is 0 Å². The van der Waals surface area contributed by atoms with Gasteiger partial charge in [-0.3, -0.25) is 4.79 Å². The van der Waals surface area contributed by atoms with E-state index in [2.05, 4.69) is 28.9 Å². The molecule has 1 aliphatic carbocycles. The Balaban J connectivity index is 1.28. The summed E-state index contributed by atoms with van der Waals surface area (Å²) in [6.45, 7) is 5.10. The van der Waals surface area contributed by atoms with Gasteiger partial charge in [0.05, 0.1) is 18.2 Å². The molecular formula is C24H28N4O3. The zero-order valence-corrected chi connectivity index (χ0v) is 17.9. The largest absolute Gasteiger partial charge is 0.488 e. The van der Waals surface area contributed by atoms with Crippen LogP contribution < -0.4 is 9.64 Å². The minimum Gasteiger partial charge on any atom is -0.488 e. The number of amides is 1. The number of rotatable bonds is 3. The molecule has 31 heavy (non-hydrogen) atoms. The summed E-state index contributed by atoms with van der Waals surface area (Å²) >= 11 is 0. The lowest BCUT2D eigenvalue weighted by Gasteiger charge is -2.31. The Labute approximate surface area is 182 Å². The number of epoxide rings is 1. The molecule has 0 saturated carbocycles. The van der Waals surface area contributed by atoms with Gasteiger partial charge < -0.3 is 19.3 Å². The van der Waals surface area contributed by atoms with Crippen molar-refractivity contribution in [1.29, 1.82) is 0 Å². The first-order valence-electron chi connectivity index (χ1n) is 11.6. The van der Waals surface area contributed by atoms with E-state index in [9.17, 15) is 4.79 Å².